The highest BCUT2D eigenvalue weighted by atomic mass is 31.2. The number of fused-ring (bicyclic) bond motifs is 6. The lowest BCUT2D eigenvalue weighted by atomic mass is 10.0. The molecule has 0 bridgehead atoms. The maximum atomic E-state index is 14.4. The van der Waals surface area contributed by atoms with Crippen LogP contribution < -0.4 is 30.3 Å². The van der Waals surface area contributed by atoms with Crippen molar-refractivity contribution < 1.29 is 18.2 Å². The van der Waals surface area contributed by atoms with Crippen LogP contribution in [0.15, 0.2) is 146 Å². The quantitative estimate of drug-likeness (QED) is 0.199. The highest BCUT2D eigenvalue weighted by Gasteiger charge is 2.39. The number of hydrogen-bond acceptors (Lipinski definition) is 4. The van der Waals surface area contributed by atoms with Crippen molar-refractivity contribution in [3.8, 4) is 44.9 Å². The molecule has 0 spiro atoms. The van der Waals surface area contributed by atoms with Gasteiger partial charge in [0.1, 0.15) is 11.5 Å². The van der Waals surface area contributed by atoms with E-state index in [1.165, 1.54) is 0 Å². The fourth-order valence-electron chi connectivity index (χ4n) is 5.91. The fraction of sp³-hybridized carbons (Fsp3) is 0. The molecule has 0 aromatic heterocycles. The maximum absolute atomic E-state index is 14.4. The second-order valence-electron chi connectivity index (χ2n) is 10.4. The first-order chi connectivity index (χ1) is 20.5. The Labute approximate surface area is 244 Å². The smallest absolute Gasteiger partial charge is 0.307 e. The molecule has 6 aromatic rings. The third-order valence-corrected chi connectivity index (χ3v) is 12.9. The van der Waals surface area contributed by atoms with Crippen LogP contribution in [0.3, 0.4) is 0 Å². The standard InChI is InChI=1S/C36H24O4P2/c37-41(35-15-7-3-11-31(35)29-9-1-5-13-33(29)39-41)27-21-17-25(18-22-27)26-19-23-28(24-20-26)42(38)36-16-8-4-12-32(36)30-10-2-6-14-34(30)40-42/h1-24H. The minimum absolute atomic E-state index is 0.628. The average Bonchev–Trinajstić information content (AvgIpc) is 3.05. The second-order valence-corrected chi connectivity index (χ2v) is 15.0. The third kappa shape index (κ3) is 3.77. The maximum Gasteiger partial charge on any atom is 0.307 e. The monoisotopic (exact) mass is 582 g/mol. The van der Waals surface area contributed by atoms with E-state index in [2.05, 4.69) is 0 Å². The van der Waals surface area contributed by atoms with Crippen LogP contribution in [0.1, 0.15) is 0 Å². The number of benzene rings is 6. The molecule has 0 N–H and O–H groups in total. The van der Waals surface area contributed by atoms with Crippen LogP contribution in [-0.4, -0.2) is 0 Å². The molecule has 2 unspecified atom stereocenters. The van der Waals surface area contributed by atoms with E-state index in [1.807, 2.05) is 146 Å². The summed E-state index contributed by atoms with van der Waals surface area (Å²) in [6.45, 7) is 0. The van der Waals surface area contributed by atoms with E-state index >= 15 is 0 Å². The van der Waals surface area contributed by atoms with E-state index in [0.29, 0.717) is 32.7 Å². The van der Waals surface area contributed by atoms with E-state index in [-0.39, 0.29) is 0 Å². The van der Waals surface area contributed by atoms with Gasteiger partial charge < -0.3 is 9.05 Å². The van der Waals surface area contributed by atoms with Crippen molar-refractivity contribution in [3.63, 3.8) is 0 Å². The molecule has 42 heavy (non-hydrogen) atoms. The van der Waals surface area contributed by atoms with Crippen LogP contribution in [-0.2, 0) is 9.13 Å². The van der Waals surface area contributed by atoms with E-state index < -0.39 is 14.7 Å². The molecule has 2 heterocycles. The largest absolute Gasteiger partial charge is 0.436 e. The van der Waals surface area contributed by atoms with Crippen LogP contribution in [0.25, 0.3) is 33.4 Å². The molecule has 0 saturated carbocycles. The van der Waals surface area contributed by atoms with Gasteiger partial charge in [-0.3, -0.25) is 9.13 Å². The number of hydrogen-bond donors (Lipinski definition) is 0. The SMILES string of the molecule is O=P1(c2ccc(-c3ccc(P4(=O)Oc5ccccc5-c5ccccc54)cc3)cc2)Oc2ccccc2-c2ccccc21. The topological polar surface area (TPSA) is 52.6 Å². The Morgan fingerprint density at radius 3 is 1.10 bits per heavy atom. The Kier molecular flexibility index (Phi) is 5.66. The minimum Gasteiger partial charge on any atom is -0.436 e. The summed E-state index contributed by atoms with van der Waals surface area (Å²) in [6, 6.07) is 46.3. The van der Waals surface area contributed by atoms with Crippen molar-refractivity contribution >= 4 is 36.0 Å². The summed E-state index contributed by atoms with van der Waals surface area (Å²) >= 11 is 0. The molecule has 0 aliphatic carbocycles. The molecule has 6 aromatic carbocycles. The second kappa shape index (κ2) is 9.46. The van der Waals surface area contributed by atoms with Crippen LogP contribution in [0.4, 0.5) is 0 Å². The van der Waals surface area contributed by atoms with Gasteiger partial charge in [-0.25, -0.2) is 0 Å². The first-order valence-corrected chi connectivity index (χ1v) is 17.0. The first kappa shape index (κ1) is 25.1. The van der Waals surface area contributed by atoms with Gasteiger partial charge in [-0.1, -0.05) is 97.1 Å². The van der Waals surface area contributed by atoms with Crippen molar-refractivity contribution in [1.82, 2.24) is 0 Å². The molecule has 2 aliphatic rings. The van der Waals surface area contributed by atoms with Gasteiger partial charge in [0, 0.05) is 11.1 Å². The molecular formula is C36H24O4P2. The molecule has 4 nitrogen and oxygen atoms in total. The van der Waals surface area contributed by atoms with Crippen LogP contribution in [0.5, 0.6) is 11.5 Å². The summed E-state index contributed by atoms with van der Waals surface area (Å²) in [5.74, 6) is 1.26. The van der Waals surface area contributed by atoms with Gasteiger partial charge in [0.15, 0.2) is 0 Å². The van der Waals surface area contributed by atoms with Gasteiger partial charge in [0.25, 0.3) is 0 Å². The fourth-order valence-corrected chi connectivity index (χ4v) is 10.4. The summed E-state index contributed by atoms with van der Waals surface area (Å²) in [5, 5.41) is 2.69. The number of rotatable bonds is 3. The lowest BCUT2D eigenvalue weighted by Gasteiger charge is -2.29. The van der Waals surface area contributed by atoms with Crippen molar-refractivity contribution in [1.29, 1.82) is 0 Å². The van der Waals surface area contributed by atoms with E-state index in [1.54, 1.807) is 0 Å². The first-order valence-electron chi connectivity index (χ1n) is 13.7. The zero-order valence-electron chi connectivity index (χ0n) is 22.4. The van der Waals surface area contributed by atoms with Gasteiger partial charge in [-0.15, -0.1) is 0 Å². The van der Waals surface area contributed by atoms with Crippen LogP contribution >= 0.6 is 14.7 Å². The summed E-state index contributed by atoms with van der Waals surface area (Å²) in [4.78, 5) is 0. The molecule has 0 amide bonds. The highest BCUT2D eigenvalue weighted by molar-refractivity contribution is 7.75. The van der Waals surface area contributed by atoms with Gasteiger partial charge in [-0.2, -0.15) is 0 Å². The normalized spacial score (nSPS) is 19.7. The molecule has 2 atom stereocenters. The van der Waals surface area contributed by atoms with Crippen LogP contribution in [0.2, 0.25) is 0 Å². The summed E-state index contributed by atoms with van der Waals surface area (Å²) in [5.41, 5.74) is 5.68. The van der Waals surface area contributed by atoms with E-state index in [9.17, 15) is 9.13 Å². The molecule has 6 heteroatoms. The van der Waals surface area contributed by atoms with E-state index in [4.69, 9.17) is 9.05 Å². The molecular weight excluding hydrogens is 558 g/mol. The Balaban J connectivity index is 1.13. The molecule has 8 rings (SSSR count). The van der Waals surface area contributed by atoms with E-state index in [0.717, 1.165) is 33.4 Å². The van der Waals surface area contributed by atoms with Gasteiger partial charge in [0.2, 0.25) is 0 Å². The van der Waals surface area contributed by atoms with Gasteiger partial charge >= 0.3 is 14.7 Å². The minimum atomic E-state index is -3.35. The average molecular weight is 583 g/mol. The number of para-hydroxylation sites is 2. The Morgan fingerprint density at radius 2 is 0.690 bits per heavy atom. The lowest BCUT2D eigenvalue weighted by molar-refractivity contribution is 0.500. The Bertz CT molecular complexity index is 1950. The molecule has 2 aliphatic heterocycles. The highest BCUT2D eigenvalue weighted by Crippen LogP contribution is 2.55. The molecule has 0 fully saturated rings. The predicted octanol–water partition coefficient (Wildman–Crippen LogP) is 7.93. The molecule has 0 saturated heterocycles. The molecule has 0 radical (unpaired) electrons. The zero-order chi connectivity index (χ0) is 28.3. The lowest BCUT2D eigenvalue weighted by Crippen LogP contribution is -2.25. The summed E-state index contributed by atoms with van der Waals surface area (Å²) in [7, 11) is -6.69. The van der Waals surface area contributed by atoms with Crippen molar-refractivity contribution in [3.05, 3.63) is 146 Å². The zero-order valence-corrected chi connectivity index (χ0v) is 24.2. The van der Waals surface area contributed by atoms with Crippen molar-refractivity contribution in [2.24, 2.45) is 0 Å². The Hall–Kier alpha value is -4.62. The van der Waals surface area contributed by atoms with Crippen LogP contribution in [0, 0.1) is 0 Å². The van der Waals surface area contributed by atoms with Gasteiger partial charge in [0.05, 0.1) is 21.2 Å². The predicted molar refractivity (Wildman–Crippen MR) is 171 cm³/mol. The van der Waals surface area contributed by atoms with Crippen molar-refractivity contribution in [2.45, 2.75) is 0 Å². The van der Waals surface area contributed by atoms with Crippen molar-refractivity contribution in [2.75, 3.05) is 0 Å². The molecule has 202 valence electrons. The summed E-state index contributed by atoms with van der Waals surface area (Å²) < 4.78 is 41.4. The third-order valence-electron chi connectivity index (χ3n) is 8.00. The Morgan fingerprint density at radius 1 is 0.357 bits per heavy atom. The van der Waals surface area contributed by atoms with Gasteiger partial charge in [-0.05, 0) is 70.8 Å². The summed E-state index contributed by atoms with van der Waals surface area (Å²) in [6.07, 6.45) is 0.